The molecule has 1 heterocycles. The first-order valence-electron chi connectivity index (χ1n) is 6.52. The van der Waals surface area contributed by atoms with Gasteiger partial charge in [-0.2, -0.15) is 0 Å². The van der Waals surface area contributed by atoms with E-state index in [0.29, 0.717) is 5.69 Å². The van der Waals surface area contributed by atoms with Crippen molar-refractivity contribution in [2.45, 2.75) is 20.1 Å². The van der Waals surface area contributed by atoms with Gasteiger partial charge in [0, 0.05) is 12.8 Å². The maximum atomic E-state index is 12.0. The maximum absolute atomic E-state index is 12.0. The molecule has 0 radical (unpaired) electrons. The van der Waals surface area contributed by atoms with E-state index in [1.807, 2.05) is 25.1 Å². The summed E-state index contributed by atoms with van der Waals surface area (Å²) >= 11 is 0. The zero-order chi connectivity index (χ0) is 16.1. The van der Waals surface area contributed by atoms with Gasteiger partial charge in [-0.25, -0.2) is 9.48 Å². The summed E-state index contributed by atoms with van der Waals surface area (Å²) in [7, 11) is 1.43. The summed E-state index contributed by atoms with van der Waals surface area (Å²) in [6.45, 7) is 1.78. The molecule has 8 nitrogen and oxygen atoms in total. The van der Waals surface area contributed by atoms with Gasteiger partial charge in [0.05, 0.1) is 12.3 Å². The number of hydrogen-bond donors (Lipinski definition) is 2. The second-order valence-corrected chi connectivity index (χ2v) is 4.70. The van der Waals surface area contributed by atoms with Gasteiger partial charge in [-0.15, -0.1) is 5.10 Å². The molecule has 0 aliphatic rings. The van der Waals surface area contributed by atoms with Crippen molar-refractivity contribution < 1.29 is 19.4 Å². The Morgan fingerprint density at radius 2 is 2.18 bits per heavy atom. The van der Waals surface area contributed by atoms with E-state index in [9.17, 15) is 9.59 Å². The van der Waals surface area contributed by atoms with Crippen molar-refractivity contribution in [3.8, 4) is 0 Å². The van der Waals surface area contributed by atoms with Crippen LogP contribution in [-0.2, 0) is 22.7 Å². The normalized spacial score (nSPS) is 10.5. The van der Waals surface area contributed by atoms with E-state index in [2.05, 4.69) is 15.6 Å². The number of aromatic nitrogens is 3. The fourth-order valence-electron chi connectivity index (χ4n) is 1.96. The first-order chi connectivity index (χ1) is 10.5. The number of carboxylic acids is 1. The van der Waals surface area contributed by atoms with Crippen LogP contribution in [0, 0.1) is 6.92 Å². The predicted octanol–water partition coefficient (Wildman–Crippen LogP) is 1.07. The highest BCUT2D eigenvalue weighted by molar-refractivity contribution is 5.91. The van der Waals surface area contributed by atoms with E-state index in [4.69, 9.17) is 9.84 Å². The number of carboxylic acid groups (broad SMARTS) is 1. The second-order valence-electron chi connectivity index (χ2n) is 4.70. The van der Waals surface area contributed by atoms with Crippen LogP contribution >= 0.6 is 0 Å². The lowest BCUT2D eigenvalue weighted by Crippen LogP contribution is -2.21. The highest BCUT2D eigenvalue weighted by Crippen LogP contribution is 2.11. The smallest absolute Gasteiger partial charge is 0.358 e. The SMILES string of the molecule is COCc1c(C(=O)O)nnn1CC(=O)Nc1cccc(C)c1. The molecule has 0 aliphatic heterocycles. The minimum absolute atomic E-state index is 0.00631. The van der Waals surface area contributed by atoms with Crippen molar-refractivity contribution in [1.29, 1.82) is 0 Å². The van der Waals surface area contributed by atoms with Crippen LogP contribution in [0.25, 0.3) is 0 Å². The van der Waals surface area contributed by atoms with Gasteiger partial charge in [-0.1, -0.05) is 17.3 Å². The van der Waals surface area contributed by atoms with Gasteiger partial charge in [0.25, 0.3) is 0 Å². The molecular formula is C14H16N4O4. The summed E-state index contributed by atoms with van der Waals surface area (Å²) in [5.74, 6) is -1.54. The molecule has 0 fully saturated rings. The summed E-state index contributed by atoms with van der Waals surface area (Å²) < 4.78 is 6.16. The Labute approximate surface area is 126 Å². The molecule has 0 unspecified atom stereocenters. The van der Waals surface area contributed by atoms with E-state index in [-0.39, 0.29) is 30.4 Å². The Bertz CT molecular complexity index is 696. The first kappa shape index (κ1) is 15.6. The monoisotopic (exact) mass is 304 g/mol. The molecule has 0 saturated carbocycles. The number of amides is 1. The van der Waals surface area contributed by atoms with Gasteiger partial charge in [0.1, 0.15) is 6.54 Å². The van der Waals surface area contributed by atoms with E-state index >= 15 is 0 Å². The van der Waals surface area contributed by atoms with Gasteiger partial charge in [-0.3, -0.25) is 4.79 Å². The zero-order valence-corrected chi connectivity index (χ0v) is 12.2. The Hall–Kier alpha value is -2.74. The number of carbonyl (C=O) groups is 2. The molecule has 0 spiro atoms. The average molecular weight is 304 g/mol. The quantitative estimate of drug-likeness (QED) is 0.826. The summed E-state index contributed by atoms with van der Waals surface area (Å²) in [5.41, 5.74) is 1.71. The number of benzene rings is 1. The molecular weight excluding hydrogens is 288 g/mol. The fourth-order valence-corrected chi connectivity index (χ4v) is 1.96. The van der Waals surface area contributed by atoms with Crippen LogP contribution < -0.4 is 5.32 Å². The minimum atomic E-state index is -1.21. The summed E-state index contributed by atoms with van der Waals surface area (Å²) in [6, 6.07) is 7.35. The number of nitrogens with zero attached hydrogens (tertiary/aromatic N) is 3. The van der Waals surface area contributed by atoms with Crippen LogP contribution in [0.4, 0.5) is 5.69 Å². The summed E-state index contributed by atoms with van der Waals surface area (Å²) in [4.78, 5) is 23.1. The summed E-state index contributed by atoms with van der Waals surface area (Å²) in [6.07, 6.45) is 0. The van der Waals surface area contributed by atoms with Gasteiger partial charge in [-0.05, 0) is 24.6 Å². The van der Waals surface area contributed by atoms with Crippen LogP contribution in [0.1, 0.15) is 21.7 Å². The molecule has 1 aromatic heterocycles. The van der Waals surface area contributed by atoms with E-state index in [1.54, 1.807) is 6.07 Å². The third-order valence-corrected chi connectivity index (χ3v) is 2.92. The number of carbonyl (C=O) groups excluding carboxylic acids is 1. The van der Waals surface area contributed by atoms with Crippen molar-refractivity contribution >= 4 is 17.6 Å². The standard InChI is InChI=1S/C14H16N4O4/c1-9-4-3-5-10(6-9)15-12(19)7-18-11(8-22-2)13(14(20)21)16-17-18/h3-6H,7-8H2,1-2H3,(H,15,19)(H,20,21). The molecule has 22 heavy (non-hydrogen) atoms. The molecule has 2 aromatic rings. The van der Waals surface area contributed by atoms with Crippen LogP contribution in [0.5, 0.6) is 0 Å². The maximum Gasteiger partial charge on any atom is 0.358 e. The number of ether oxygens (including phenoxy) is 1. The highest BCUT2D eigenvalue weighted by atomic mass is 16.5. The van der Waals surface area contributed by atoms with Crippen LogP contribution in [0.3, 0.4) is 0 Å². The Kier molecular flexibility index (Phi) is 4.84. The average Bonchev–Trinajstić information content (AvgIpc) is 2.82. The number of hydrogen-bond acceptors (Lipinski definition) is 5. The van der Waals surface area contributed by atoms with Crippen LogP contribution in [0.15, 0.2) is 24.3 Å². The molecule has 0 atom stereocenters. The van der Waals surface area contributed by atoms with E-state index < -0.39 is 5.97 Å². The number of aromatic carboxylic acids is 1. The molecule has 1 amide bonds. The predicted molar refractivity (Wildman–Crippen MR) is 77.5 cm³/mol. The number of anilines is 1. The third-order valence-electron chi connectivity index (χ3n) is 2.92. The van der Waals surface area contributed by atoms with Crippen molar-refractivity contribution in [2.24, 2.45) is 0 Å². The van der Waals surface area contributed by atoms with Crippen LogP contribution in [-0.4, -0.2) is 39.1 Å². The molecule has 1 aromatic carbocycles. The zero-order valence-electron chi connectivity index (χ0n) is 12.2. The first-order valence-corrected chi connectivity index (χ1v) is 6.52. The van der Waals surface area contributed by atoms with Gasteiger partial charge in [0.15, 0.2) is 5.69 Å². The van der Waals surface area contributed by atoms with Gasteiger partial charge < -0.3 is 15.2 Å². The van der Waals surface area contributed by atoms with Crippen molar-refractivity contribution in [3.05, 3.63) is 41.2 Å². The van der Waals surface area contributed by atoms with E-state index in [0.717, 1.165) is 5.56 Å². The van der Waals surface area contributed by atoms with Gasteiger partial charge in [0.2, 0.25) is 5.91 Å². The molecule has 0 aliphatic carbocycles. The largest absolute Gasteiger partial charge is 0.476 e. The molecule has 2 N–H and O–H groups in total. The lowest BCUT2D eigenvalue weighted by Gasteiger charge is -2.08. The number of aryl methyl sites for hydroxylation is 1. The van der Waals surface area contributed by atoms with Crippen molar-refractivity contribution in [1.82, 2.24) is 15.0 Å². The fraction of sp³-hybridized carbons (Fsp3) is 0.286. The lowest BCUT2D eigenvalue weighted by atomic mass is 10.2. The van der Waals surface area contributed by atoms with Gasteiger partial charge >= 0.3 is 5.97 Å². The third kappa shape index (κ3) is 3.67. The lowest BCUT2D eigenvalue weighted by molar-refractivity contribution is -0.117. The Balaban J connectivity index is 2.13. The van der Waals surface area contributed by atoms with E-state index in [1.165, 1.54) is 11.8 Å². The molecule has 8 heteroatoms. The number of nitrogens with one attached hydrogen (secondary N) is 1. The van der Waals surface area contributed by atoms with Crippen LogP contribution in [0.2, 0.25) is 0 Å². The number of methoxy groups -OCH3 is 1. The molecule has 0 saturated heterocycles. The Morgan fingerprint density at radius 1 is 1.41 bits per heavy atom. The van der Waals surface area contributed by atoms with Crippen molar-refractivity contribution in [2.75, 3.05) is 12.4 Å². The minimum Gasteiger partial charge on any atom is -0.476 e. The second kappa shape index (κ2) is 6.81. The topological polar surface area (TPSA) is 106 Å². The van der Waals surface area contributed by atoms with Crippen molar-refractivity contribution in [3.63, 3.8) is 0 Å². The molecule has 2 rings (SSSR count). The number of rotatable bonds is 6. The highest BCUT2D eigenvalue weighted by Gasteiger charge is 2.20. The Morgan fingerprint density at radius 3 is 2.82 bits per heavy atom. The molecule has 116 valence electrons. The molecule has 0 bridgehead atoms. The summed E-state index contributed by atoms with van der Waals surface area (Å²) in [5, 5.41) is 19.0.